The lowest BCUT2D eigenvalue weighted by Gasteiger charge is -2.41. The van der Waals surface area contributed by atoms with Crippen molar-refractivity contribution in [2.24, 2.45) is 5.73 Å². The maximum absolute atomic E-state index is 13.0. The van der Waals surface area contributed by atoms with Gasteiger partial charge in [0.2, 0.25) is 5.91 Å². The number of amides is 2. The van der Waals surface area contributed by atoms with Crippen LogP contribution in [0.5, 0.6) is 5.75 Å². The van der Waals surface area contributed by atoms with Crippen LogP contribution in [0.1, 0.15) is 16.1 Å². The van der Waals surface area contributed by atoms with Crippen LogP contribution in [0.25, 0.3) is 0 Å². The number of nitrogens with two attached hydrogens (primary N) is 2. The predicted octanol–water partition coefficient (Wildman–Crippen LogP) is 1.03. The Hall–Kier alpha value is -2.72. The highest BCUT2D eigenvalue weighted by atomic mass is 32.1. The van der Waals surface area contributed by atoms with E-state index in [1.807, 2.05) is 0 Å². The highest BCUT2D eigenvalue weighted by molar-refractivity contribution is 7.17. The van der Waals surface area contributed by atoms with Crippen molar-refractivity contribution in [3.05, 3.63) is 41.2 Å². The van der Waals surface area contributed by atoms with Crippen LogP contribution in [-0.2, 0) is 9.53 Å². The zero-order valence-electron chi connectivity index (χ0n) is 14.4. The van der Waals surface area contributed by atoms with Gasteiger partial charge in [0.1, 0.15) is 28.7 Å². The van der Waals surface area contributed by atoms with Crippen molar-refractivity contribution in [1.29, 1.82) is 0 Å². The van der Waals surface area contributed by atoms with Gasteiger partial charge in [-0.15, -0.1) is 0 Å². The van der Waals surface area contributed by atoms with Crippen LogP contribution in [0.15, 0.2) is 30.5 Å². The van der Waals surface area contributed by atoms with Crippen molar-refractivity contribution < 1.29 is 23.5 Å². The van der Waals surface area contributed by atoms with Crippen LogP contribution in [-0.4, -0.2) is 53.6 Å². The number of nitrogens with zero attached hydrogens (tertiary/aromatic N) is 2. The van der Waals surface area contributed by atoms with E-state index >= 15 is 0 Å². The number of ether oxygens (including phenoxy) is 2. The van der Waals surface area contributed by atoms with E-state index in [-0.39, 0.29) is 37.9 Å². The molecule has 3 rings (SSSR count). The van der Waals surface area contributed by atoms with E-state index in [9.17, 15) is 14.0 Å². The van der Waals surface area contributed by atoms with E-state index in [0.29, 0.717) is 22.3 Å². The van der Waals surface area contributed by atoms with Gasteiger partial charge in [-0.2, -0.15) is 0 Å². The second-order valence-electron chi connectivity index (χ2n) is 6.21. The van der Waals surface area contributed by atoms with Gasteiger partial charge < -0.3 is 25.8 Å². The number of hydrogen-bond donors (Lipinski definition) is 2. The Balaban J connectivity index is 1.74. The highest BCUT2D eigenvalue weighted by Crippen LogP contribution is 2.26. The molecular weight excluding hydrogens is 375 g/mol. The van der Waals surface area contributed by atoms with Gasteiger partial charge >= 0.3 is 0 Å². The molecule has 0 saturated carbocycles. The fourth-order valence-electron chi connectivity index (χ4n) is 2.87. The first kappa shape index (κ1) is 19.1. The number of rotatable bonds is 6. The average molecular weight is 394 g/mol. The number of hydrogen-bond acceptors (Lipinski definition) is 7. The summed E-state index contributed by atoms with van der Waals surface area (Å²) in [6.45, 7) is 0.678. The van der Waals surface area contributed by atoms with Crippen LogP contribution in [0.2, 0.25) is 0 Å². The normalized spacial score (nSPS) is 19.7. The molecule has 0 spiro atoms. The third kappa shape index (κ3) is 4.72. The molecule has 27 heavy (non-hydrogen) atoms. The first-order valence-corrected chi connectivity index (χ1v) is 9.00. The van der Waals surface area contributed by atoms with E-state index in [4.69, 9.17) is 20.9 Å². The van der Waals surface area contributed by atoms with Gasteiger partial charge in [0.05, 0.1) is 25.8 Å². The SMILES string of the molecule is NC(=O)C[C@@]1(COc2ccc(F)cc2)CN(C(=O)c2cnc(N)s2)CCO1. The Morgan fingerprint density at radius 1 is 1.37 bits per heavy atom. The van der Waals surface area contributed by atoms with Gasteiger partial charge in [-0.1, -0.05) is 11.3 Å². The van der Waals surface area contributed by atoms with Crippen LogP contribution in [0, 0.1) is 5.82 Å². The lowest BCUT2D eigenvalue weighted by Crippen LogP contribution is -2.57. The number of carbonyl (C=O) groups is 2. The minimum Gasteiger partial charge on any atom is -0.490 e. The molecular formula is C17H19FN4O4S. The molecule has 0 radical (unpaired) electrons. The molecule has 1 saturated heterocycles. The van der Waals surface area contributed by atoms with Gasteiger partial charge in [-0.3, -0.25) is 9.59 Å². The quantitative estimate of drug-likeness (QED) is 0.755. The highest BCUT2D eigenvalue weighted by Gasteiger charge is 2.41. The van der Waals surface area contributed by atoms with E-state index in [1.165, 1.54) is 30.5 Å². The summed E-state index contributed by atoms with van der Waals surface area (Å²) in [4.78, 5) is 30.1. The number of morpholine rings is 1. The third-order valence-corrected chi connectivity index (χ3v) is 4.90. The second kappa shape index (κ2) is 7.89. The van der Waals surface area contributed by atoms with Crippen LogP contribution < -0.4 is 16.2 Å². The maximum Gasteiger partial charge on any atom is 0.265 e. The maximum atomic E-state index is 13.0. The first-order chi connectivity index (χ1) is 12.9. The van der Waals surface area contributed by atoms with Crippen molar-refractivity contribution in [2.75, 3.05) is 32.0 Å². The van der Waals surface area contributed by atoms with E-state index in [0.717, 1.165) is 11.3 Å². The molecule has 0 bridgehead atoms. The molecule has 1 aliphatic heterocycles. The van der Waals surface area contributed by atoms with Crippen LogP contribution >= 0.6 is 11.3 Å². The number of nitrogen functional groups attached to an aromatic ring is 1. The Kier molecular flexibility index (Phi) is 5.57. The number of benzene rings is 1. The van der Waals surface area contributed by atoms with E-state index in [1.54, 1.807) is 4.90 Å². The lowest BCUT2D eigenvalue weighted by atomic mass is 9.97. The molecule has 1 aromatic heterocycles. The molecule has 2 heterocycles. The topological polar surface area (TPSA) is 121 Å². The molecule has 144 valence electrons. The molecule has 4 N–H and O–H groups in total. The summed E-state index contributed by atoms with van der Waals surface area (Å²) in [6, 6.07) is 5.47. The Morgan fingerprint density at radius 3 is 2.74 bits per heavy atom. The summed E-state index contributed by atoms with van der Waals surface area (Å²) >= 11 is 1.09. The van der Waals surface area contributed by atoms with E-state index in [2.05, 4.69) is 4.98 Å². The average Bonchev–Trinajstić information content (AvgIpc) is 3.07. The Labute approximate surface area is 158 Å². The summed E-state index contributed by atoms with van der Waals surface area (Å²) in [5.74, 6) is -0.789. The number of aromatic nitrogens is 1. The molecule has 1 aliphatic rings. The smallest absolute Gasteiger partial charge is 0.265 e. The summed E-state index contributed by atoms with van der Waals surface area (Å²) in [7, 11) is 0. The lowest BCUT2D eigenvalue weighted by molar-refractivity contribution is -0.142. The summed E-state index contributed by atoms with van der Waals surface area (Å²) < 4.78 is 24.5. The Bertz CT molecular complexity index is 829. The number of thiazole rings is 1. The Morgan fingerprint density at radius 2 is 2.11 bits per heavy atom. The second-order valence-corrected chi connectivity index (χ2v) is 7.27. The fourth-order valence-corrected chi connectivity index (χ4v) is 3.52. The first-order valence-electron chi connectivity index (χ1n) is 8.18. The predicted molar refractivity (Wildman–Crippen MR) is 96.8 cm³/mol. The standard InChI is InChI=1S/C17H19FN4O4S/c18-11-1-3-12(4-2-11)25-10-17(7-14(19)23)9-22(5-6-26-17)15(24)13-8-21-16(20)27-13/h1-4,8H,5-7,9-10H2,(H2,19,23)(H2,20,21)/t17-/m0/s1. The fraction of sp³-hybridized carbons (Fsp3) is 0.353. The third-order valence-electron chi connectivity index (χ3n) is 4.08. The molecule has 1 aromatic carbocycles. The largest absolute Gasteiger partial charge is 0.490 e. The number of halogens is 1. The molecule has 0 aliphatic carbocycles. The minimum absolute atomic E-state index is 0.0177. The van der Waals surface area contributed by atoms with Crippen molar-refractivity contribution in [3.63, 3.8) is 0 Å². The van der Waals surface area contributed by atoms with Crippen LogP contribution in [0.4, 0.5) is 9.52 Å². The van der Waals surface area contributed by atoms with Crippen molar-refractivity contribution in [3.8, 4) is 5.75 Å². The van der Waals surface area contributed by atoms with Crippen molar-refractivity contribution >= 4 is 28.3 Å². The molecule has 8 nitrogen and oxygen atoms in total. The number of primary amides is 1. The molecule has 2 amide bonds. The summed E-state index contributed by atoms with van der Waals surface area (Å²) in [6.07, 6.45) is 1.30. The zero-order valence-corrected chi connectivity index (χ0v) is 15.2. The van der Waals surface area contributed by atoms with Gasteiger partial charge in [0, 0.05) is 6.54 Å². The molecule has 1 atom stereocenters. The monoisotopic (exact) mass is 394 g/mol. The van der Waals surface area contributed by atoms with Gasteiger partial charge in [-0.05, 0) is 24.3 Å². The molecule has 0 unspecified atom stereocenters. The number of carbonyl (C=O) groups excluding carboxylic acids is 2. The molecule has 2 aromatic rings. The number of anilines is 1. The van der Waals surface area contributed by atoms with Gasteiger partial charge in [-0.25, -0.2) is 9.37 Å². The van der Waals surface area contributed by atoms with Crippen molar-refractivity contribution in [1.82, 2.24) is 9.88 Å². The summed E-state index contributed by atoms with van der Waals surface area (Å²) in [5.41, 5.74) is 9.88. The van der Waals surface area contributed by atoms with Gasteiger partial charge in [0.25, 0.3) is 5.91 Å². The van der Waals surface area contributed by atoms with Gasteiger partial charge in [0.15, 0.2) is 5.13 Å². The summed E-state index contributed by atoms with van der Waals surface area (Å²) in [5, 5.41) is 0.301. The zero-order chi connectivity index (χ0) is 19.4. The van der Waals surface area contributed by atoms with Crippen molar-refractivity contribution in [2.45, 2.75) is 12.0 Å². The van der Waals surface area contributed by atoms with Crippen LogP contribution in [0.3, 0.4) is 0 Å². The molecule has 1 fully saturated rings. The minimum atomic E-state index is -1.09. The van der Waals surface area contributed by atoms with E-state index < -0.39 is 11.5 Å². The molecule has 10 heteroatoms.